The van der Waals surface area contributed by atoms with Crippen molar-refractivity contribution in [2.75, 3.05) is 44.1 Å². The van der Waals surface area contributed by atoms with E-state index in [1.807, 2.05) is 91.3 Å². The van der Waals surface area contributed by atoms with Crippen LogP contribution in [0.3, 0.4) is 0 Å². The summed E-state index contributed by atoms with van der Waals surface area (Å²) in [4.78, 5) is 18.7. The fraction of sp³-hybridized carbons (Fsp3) is 0.304. The van der Waals surface area contributed by atoms with Crippen LogP contribution in [0.25, 0.3) is 0 Å². The van der Waals surface area contributed by atoms with Gasteiger partial charge in [-0.2, -0.15) is 5.26 Å². The lowest BCUT2D eigenvalue weighted by Gasteiger charge is -2.21. The summed E-state index contributed by atoms with van der Waals surface area (Å²) in [6, 6.07) is 17.8. The monoisotopic (exact) mass is 390 g/mol. The number of fused-ring (bicyclic) bond motifs is 1. The molecule has 1 aliphatic heterocycles. The smallest absolute Gasteiger partial charge is 0.191 e. The van der Waals surface area contributed by atoms with Gasteiger partial charge in [0.25, 0.3) is 0 Å². The molecule has 0 N–H and O–H groups in total. The first-order valence-electron chi connectivity index (χ1n) is 9.60. The van der Waals surface area contributed by atoms with Gasteiger partial charge in [-0.25, -0.2) is 0 Å². The zero-order valence-electron chi connectivity index (χ0n) is 17.3. The van der Waals surface area contributed by atoms with Crippen molar-refractivity contribution in [3.05, 3.63) is 65.5 Å². The molecule has 0 unspecified atom stereocenters. The molecule has 2 aromatic rings. The molecule has 1 aliphatic rings. The number of benzene rings is 2. The van der Waals surface area contributed by atoms with Crippen LogP contribution in [0.1, 0.15) is 12.5 Å². The van der Waals surface area contributed by atoms with E-state index >= 15 is 0 Å². The van der Waals surface area contributed by atoms with E-state index < -0.39 is 0 Å². The lowest BCUT2D eigenvalue weighted by atomic mass is 10.1. The van der Waals surface area contributed by atoms with Crippen LogP contribution in [-0.4, -0.2) is 45.0 Å². The quantitative estimate of drug-likeness (QED) is 0.533. The Balaban J connectivity index is 1.73. The van der Waals surface area contributed by atoms with Crippen LogP contribution in [0.15, 0.2) is 59.9 Å². The Labute approximate surface area is 172 Å². The standard InChI is InChI=1S/C23H26N4O2/c1-5-29-18-12-10-17(11-13-18)15-25(2)16-22(28)19(14-24)23-26(3)20-8-6-7-9-21(20)27(23)4/h6-13H,5,15-16H2,1-4H3. The molecule has 0 atom stereocenters. The van der Waals surface area contributed by atoms with Gasteiger partial charge in [0, 0.05) is 20.6 Å². The molecular formula is C23H26N4O2. The van der Waals surface area contributed by atoms with E-state index in [0.717, 1.165) is 22.7 Å². The molecule has 150 valence electrons. The van der Waals surface area contributed by atoms with Crippen molar-refractivity contribution in [2.45, 2.75) is 13.5 Å². The first kappa shape index (κ1) is 20.4. The normalized spacial score (nSPS) is 12.8. The predicted molar refractivity (Wildman–Crippen MR) is 115 cm³/mol. The van der Waals surface area contributed by atoms with Crippen LogP contribution in [0.2, 0.25) is 0 Å². The van der Waals surface area contributed by atoms with Crippen molar-refractivity contribution in [3.63, 3.8) is 0 Å². The number of ether oxygens (including phenoxy) is 1. The largest absolute Gasteiger partial charge is 0.494 e. The van der Waals surface area contributed by atoms with E-state index in [0.29, 0.717) is 19.0 Å². The highest BCUT2D eigenvalue weighted by molar-refractivity contribution is 6.03. The molecule has 0 saturated heterocycles. The van der Waals surface area contributed by atoms with Gasteiger partial charge in [0.05, 0.1) is 24.5 Å². The molecular weight excluding hydrogens is 364 g/mol. The van der Waals surface area contributed by atoms with Gasteiger partial charge in [0.1, 0.15) is 23.2 Å². The number of carbonyl (C=O) groups excluding carboxylic acids is 1. The Hall–Kier alpha value is -3.30. The summed E-state index contributed by atoms with van der Waals surface area (Å²) in [7, 11) is 5.64. The van der Waals surface area contributed by atoms with E-state index in [4.69, 9.17) is 4.74 Å². The number of hydrogen-bond donors (Lipinski definition) is 0. The Morgan fingerprint density at radius 1 is 1.07 bits per heavy atom. The molecule has 0 amide bonds. The minimum absolute atomic E-state index is 0.164. The highest BCUT2D eigenvalue weighted by Crippen LogP contribution is 2.40. The van der Waals surface area contributed by atoms with E-state index in [9.17, 15) is 10.1 Å². The van der Waals surface area contributed by atoms with Gasteiger partial charge in [-0.1, -0.05) is 24.3 Å². The Kier molecular flexibility index (Phi) is 6.20. The SMILES string of the molecule is CCOc1ccc(CN(C)CC(=O)C(C#N)=C2N(C)c3ccccc3N2C)cc1. The van der Waals surface area contributed by atoms with Gasteiger partial charge in [0.2, 0.25) is 0 Å². The average Bonchev–Trinajstić information content (AvgIpc) is 2.96. The molecule has 6 heteroatoms. The zero-order valence-corrected chi connectivity index (χ0v) is 17.3. The van der Waals surface area contributed by atoms with Crippen LogP contribution in [0.4, 0.5) is 11.4 Å². The van der Waals surface area contributed by atoms with E-state index in [1.54, 1.807) is 0 Å². The second kappa shape index (κ2) is 8.80. The zero-order chi connectivity index (χ0) is 21.0. The molecule has 6 nitrogen and oxygen atoms in total. The van der Waals surface area contributed by atoms with Crippen molar-refractivity contribution >= 4 is 17.2 Å². The third kappa shape index (κ3) is 4.25. The summed E-state index contributed by atoms with van der Waals surface area (Å²) >= 11 is 0. The van der Waals surface area contributed by atoms with Crippen LogP contribution >= 0.6 is 0 Å². The van der Waals surface area contributed by atoms with Crippen molar-refractivity contribution in [3.8, 4) is 11.8 Å². The fourth-order valence-electron chi connectivity index (χ4n) is 3.61. The van der Waals surface area contributed by atoms with Crippen LogP contribution in [0.5, 0.6) is 5.75 Å². The average molecular weight is 390 g/mol. The Bertz CT molecular complexity index is 929. The van der Waals surface area contributed by atoms with Gasteiger partial charge in [-0.15, -0.1) is 0 Å². The summed E-state index contributed by atoms with van der Waals surface area (Å²) in [5, 5.41) is 9.74. The number of Topliss-reactive ketones (excluding diaryl/α,β-unsaturated/α-hetero) is 1. The number of ketones is 1. The summed E-state index contributed by atoms with van der Waals surface area (Å²) in [5.41, 5.74) is 3.21. The predicted octanol–water partition coefficient (Wildman–Crippen LogP) is 3.41. The lowest BCUT2D eigenvalue weighted by molar-refractivity contribution is -0.116. The number of rotatable bonds is 7. The van der Waals surface area contributed by atoms with Crippen LogP contribution in [-0.2, 0) is 11.3 Å². The van der Waals surface area contributed by atoms with E-state index in [1.165, 1.54) is 0 Å². The molecule has 2 aromatic carbocycles. The molecule has 0 saturated carbocycles. The molecule has 3 rings (SSSR count). The third-order valence-corrected chi connectivity index (χ3v) is 4.95. The summed E-state index contributed by atoms with van der Waals surface area (Å²) < 4.78 is 5.46. The van der Waals surface area contributed by atoms with E-state index in [2.05, 4.69) is 6.07 Å². The molecule has 29 heavy (non-hydrogen) atoms. The Morgan fingerprint density at radius 2 is 1.66 bits per heavy atom. The van der Waals surface area contributed by atoms with Crippen LogP contribution < -0.4 is 14.5 Å². The molecule has 0 aromatic heterocycles. The highest BCUT2D eigenvalue weighted by atomic mass is 16.5. The highest BCUT2D eigenvalue weighted by Gasteiger charge is 2.31. The minimum Gasteiger partial charge on any atom is -0.494 e. The number of anilines is 2. The van der Waals surface area contributed by atoms with Crippen LogP contribution in [0, 0.1) is 11.3 Å². The second-order valence-corrected chi connectivity index (χ2v) is 7.09. The third-order valence-electron chi connectivity index (χ3n) is 4.95. The van der Waals surface area contributed by atoms with Crippen molar-refractivity contribution in [2.24, 2.45) is 0 Å². The number of nitrogens with zero attached hydrogens (tertiary/aromatic N) is 4. The fourth-order valence-corrected chi connectivity index (χ4v) is 3.61. The first-order chi connectivity index (χ1) is 14.0. The minimum atomic E-state index is -0.192. The summed E-state index contributed by atoms with van der Waals surface area (Å²) in [5.74, 6) is 1.26. The maximum atomic E-state index is 12.9. The molecule has 0 bridgehead atoms. The first-order valence-corrected chi connectivity index (χ1v) is 9.60. The van der Waals surface area contributed by atoms with Crippen molar-refractivity contribution < 1.29 is 9.53 Å². The second-order valence-electron chi connectivity index (χ2n) is 7.09. The molecule has 0 spiro atoms. The number of nitriles is 1. The number of carbonyl (C=O) groups is 1. The lowest BCUT2D eigenvalue weighted by Crippen LogP contribution is -2.31. The van der Waals surface area contributed by atoms with Gasteiger partial charge in [-0.05, 0) is 43.8 Å². The summed E-state index contributed by atoms with van der Waals surface area (Å²) in [6.07, 6.45) is 0. The van der Waals surface area contributed by atoms with Crippen molar-refractivity contribution in [1.29, 1.82) is 5.26 Å². The van der Waals surface area contributed by atoms with Crippen molar-refractivity contribution in [1.82, 2.24) is 4.90 Å². The number of para-hydroxylation sites is 2. The van der Waals surface area contributed by atoms with E-state index in [-0.39, 0.29) is 17.9 Å². The topological polar surface area (TPSA) is 59.8 Å². The maximum Gasteiger partial charge on any atom is 0.191 e. The van der Waals surface area contributed by atoms with Gasteiger partial charge in [-0.3, -0.25) is 9.69 Å². The Morgan fingerprint density at radius 3 is 2.17 bits per heavy atom. The van der Waals surface area contributed by atoms with Gasteiger partial charge >= 0.3 is 0 Å². The maximum absolute atomic E-state index is 12.9. The molecule has 1 heterocycles. The van der Waals surface area contributed by atoms with Gasteiger partial charge < -0.3 is 14.5 Å². The molecule has 0 radical (unpaired) electrons. The number of hydrogen-bond acceptors (Lipinski definition) is 6. The molecule has 0 fully saturated rings. The summed E-state index contributed by atoms with van der Waals surface area (Å²) in [6.45, 7) is 3.36. The van der Waals surface area contributed by atoms with Gasteiger partial charge in [0.15, 0.2) is 5.78 Å². The number of likely N-dealkylation sites (N-methyl/N-ethyl adjacent to an activating group) is 1. The molecule has 0 aliphatic carbocycles.